The summed E-state index contributed by atoms with van der Waals surface area (Å²) in [5, 5.41) is 3.95. The number of hydrogen-bond donors (Lipinski definition) is 1. The Balaban J connectivity index is 1.60. The molecular formula is C23H22BrF3N4O. The molecule has 0 saturated heterocycles. The number of fused-ring (bicyclic) bond motifs is 1. The molecule has 9 heteroatoms. The fraction of sp³-hybridized carbons (Fsp3) is 0.435. The van der Waals surface area contributed by atoms with Crippen molar-refractivity contribution in [2.24, 2.45) is 5.92 Å². The average Bonchev–Trinajstić information content (AvgIpc) is 2.63. The molecule has 3 saturated carbocycles. The van der Waals surface area contributed by atoms with E-state index in [9.17, 15) is 18.0 Å². The number of alkyl halides is 3. The maximum absolute atomic E-state index is 13.4. The van der Waals surface area contributed by atoms with E-state index in [1.807, 2.05) is 6.20 Å². The Kier molecular flexibility index (Phi) is 4.71. The fourth-order valence-electron chi connectivity index (χ4n) is 5.17. The van der Waals surface area contributed by atoms with E-state index in [0.717, 1.165) is 25.3 Å². The van der Waals surface area contributed by atoms with Gasteiger partial charge in [0.15, 0.2) is 0 Å². The molecule has 3 fully saturated rings. The Labute approximate surface area is 191 Å². The summed E-state index contributed by atoms with van der Waals surface area (Å²) in [7, 11) is 0. The molecule has 0 radical (unpaired) electrons. The number of anilines is 1. The highest BCUT2D eigenvalue weighted by Crippen LogP contribution is 2.62. The van der Waals surface area contributed by atoms with Crippen LogP contribution in [0, 0.1) is 19.8 Å². The van der Waals surface area contributed by atoms with Gasteiger partial charge in [0.1, 0.15) is 16.1 Å². The molecule has 1 N–H and O–H groups in total. The van der Waals surface area contributed by atoms with Gasteiger partial charge in [-0.2, -0.15) is 13.2 Å². The highest BCUT2D eigenvalue weighted by atomic mass is 79.9. The van der Waals surface area contributed by atoms with Crippen molar-refractivity contribution in [3.63, 3.8) is 0 Å². The largest absolute Gasteiger partial charge is 0.416 e. The number of hydrogen-bond acceptors (Lipinski definition) is 4. The van der Waals surface area contributed by atoms with Crippen molar-refractivity contribution in [1.82, 2.24) is 14.5 Å². The second kappa shape index (κ2) is 7.04. The molecule has 32 heavy (non-hydrogen) atoms. The van der Waals surface area contributed by atoms with Crippen molar-refractivity contribution >= 4 is 32.7 Å². The van der Waals surface area contributed by atoms with E-state index >= 15 is 0 Å². The Morgan fingerprint density at radius 2 is 1.91 bits per heavy atom. The molecule has 168 valence electrons. The molecule has 0 amide bonds. The van der Waals surface area contributed by atoms with Crippen LogP contribution in [0.15, 0.2) is 33.7 Å². The number of aryl methyl sites for hydroxylation is 1. The van der Waals surface area contributed by atoms with Crippen LogP contribution in [-0.2, 0) is 11.7 Å². The second-order valence-electron chi connectivity index (χ2n) is 9.09. The highest BCUT2D eigenvalue weighted by molar-refractivity contribution is 9.10. The van der Waals surface area contributed by atoms with Crippen LogP contribution in [0.25, 0.3) is 10.9 Å². The van der Waals surface area contributed by atoms with E-state index in [-0.39, 0.29) is 16.7 Å². The van der Waals surface area contributed by atoms with Gasteiger partial charge in [0.2, 0.25) is 0 Å². The minimum atomic E-state index is -4.42. The van der Waals surface area contributed by atoms with Crippen LogP contribution in [-0.4, -0.2) is 14.5 Å². The molecular weight excluding hydrogens is 485 g/mol. The predicted octanol–water partition coefficient (Wildman–Crippen LogP) is 5.87. The van der Waals surface area contributed by atoms with Gasteiger partial charge < -0.3 is 9.88 Å². The monoisotopic (exact) mass is 506 g/mol. The summed E-state index contributed by atoms with van der Waals surface area (Å²) in [4.78, 5) is 22.0. The first kappa shape index (κ1) is 21.4. The first-order chi connectivity index (χ1) is 15.0. The summed E-state index contributed by atoms with van der Waals surface area (Å²) >= 11 is 3.44. The lowest BCUT2D eigenvalue weighted by Crippen LogP contribution is -2.62. The number of pyridine rings is 1. The van der Waals surface area contributed by atoms with E-state index in [1.54, 1.807) is 24.5 Å². The summed E-state index contributed by atoms with van der Waals surface area (Å²) in [6, 6.07) is 3.76. The predicted molar refractivity (Wildman–Crippen MR) is 120 cm³/mol. The van der Waals surface area contributed by atoms with Gasteiger partial charge in [-0.05, 0) is 79.1 Å². The number of benzene rings is 1. The van der Waals surface area contributed by atoms with Crippen molar-refractivity contribution in [1.29, 1.82) is 0 Å². The van der Waals surface area contributed by atoms with E-state index < -0.39 is 17.8 Å². The Morgan fingerprint density at radius 1 is 1.22 bits per heavy atom. The van der Waals surface area contributed by atoms with Crippen molar-refractivity contribution in [2.75, 3.05) is 5.32 Å². The molecule has 0 aliphatic heterocycles. The van der Waals surface area contributed by atoms with Gasteiger partial charge in [-0.3, -0.25) is 4.79 Å². The molecule has 6 rings (SSSR count). The van der Waals surface area contributed by atoms with Crippen molar-refractivity contribution in [3.05, 3.63) is 61.7 Å². The molecule has 2 aromatic heterocycles. The fourth-order valence-corrected chi connectivity index (χ4v) is 5.66. The van der Waals surface area contributed by atoms with Crippen LogP contribution in [0.3, 0.4) is 0 Å². The van der Waals surface area contributed by atoms with Crippen LogP contribution in [0.1, 0.15) is 54.7 Å². The van der Waals surface area contributed by atoms with Gasteiger partial charge in [-0.25, -0.2) is 9.97 Å². The second-order valence-corrected chi connectivity index (χ2v) is 9.88. The van der Waals surface area contributed by atoms with Gasteiger partial charge in [0, 0.05) is 11.7 Å². The lowest BCUT2D eigenvalue weighted by Gasteiger charge is -2.62. The van der Waals surface area contributed by atoms with Crippen LogP contribution >= 0.6 is 15.9 Å². The third-order valence-electron chi connectivity index (χ3n) is 6.95. The van der Waals surface area contributed by atoms with Crippen molar-refractivity contribution < 1.29 is 13.2 Å². The van der Waals surface area contributed by atoms with Crippen LogP contribution in [0.2, 0.25) is 0 Å². The van der Waals surface area contributed by atoms with Gasteiger partial charge in [0.05, 0.1) is 22.5 Å². The molecule has 0 spiro atoms. The molecule has 5 nitrogen and oxygen atoms in total. The molecule has 1 aromatic carbocycles. The normalized spacial score (nSPS) is 22.9. The van der Waals surface area contributed by atoms with E-state index in [4.69, 9.17) is 0 Å². The molecule has 3 aromatic rings. The smallest absolute Gasteiger partial charge is 0.363 e. The number of nitrogens with one attached hydrogen (secondary N) is 1. The molecule has 3 aliphatic rings. The summed E-state index contributed by atoms with van der Waals surface area (Å²) in [6.07, 6.45) is 0.396. The van der Waals surface area contributed by atoms with Crippen LogP contribution in [0.5, 0.6) is 0 Å². The summed E-state index contributed by atoms with van der Waals surface area (Å²) in [6.45, 7) is 5.01. The zero-order chi connectivity index (χ0) is 23.0. The van der Waals surface area contributed by atoms with E-state index in [0.29, 0.717) is 38.5 Å². The maximum Gasteiger partial charge on any atom is 0.416 e. The highest BCUT2D eigenvalue weighted by Gasteiger charge is 2.58. The van der Waals surface area contributed by atoms with Gasteiger partial charge in [0.25, 0.3) is 5.56 Å². The third kappa shape index (κ3) is 3.16. The minimum absolute atomic E-state index is 0.110. The van der Waals surface area contributed by atoms with E-state index in [1.165, 1.54) is 13.0 Å². The van der Waals surface area contributed by atoms with Crippen LogP contribution < -0.4 is 10.9 Å². The maximum atomic E-state index is 13.4. The summed E-state index contributed by atoms with van der Waals surface area (Å²) < 4.78 is 42.3. The molecule has 2 heterocycles. The third-order valence-corrected chi connectivity index (χ3v) is 7.66. The van der Waals surface area contributed by atoms with Crippen molar-refractivity contribution in [3.8, 4) is 0 Å². The lowest BCUT2D eigenvalue weighted by atomic mass is 9.49. The van der Waals surface area contributed by atoms with Gasteiger partial charge >= 0.3 is 6.18 Å². The standard InChI is InChI=1S/C23H22BrF3N4O/c1-11-15(5-4-6-17(11)23(25,26)27)12(2)28-20-16-10-31(22-7-14(8-22)9-22)21(32)18(24)19(16)29-13(3)30-20/h4-6,10,12,14H,7-9H2,1-3H3,(H,28,29,30)/t12-,14?,22?/m1/s1. The van der Waals surface area contributed by atoms with Crippen molar-refractivity contribution in [2.45, 2.75) is 57.8 Å². The Hall–Kier alpha value is -2.42. The summed E-state index contributed by atoms with van der Waals surface area (Å²) in [5.41, 5.74) is 0.345. The number of halogens is 4. The lowest BCUT2D eigenvalue weighted by molar-refractivity contribution is -0.138. The van der Waals surface area contributed by atoms with E-state index in [2.05, 4.69) is 31.2 Å². The van der Waals surface area contributed by atoms with Gasteiger partial charge in [-0.15, -0.1) is 0 Å². The SMILES string of the molecule is Cc1nc(N[C@H](C)c2cccc(C(F)(F)F)c2C)c2cn(C34CC(C3)C4)c(=O)c(Br)c2n1. The Morgan fingerprint density at radius 3 is 2.50 bits per heavy atom. The average molecular weight is 507 g/mol. The number of rotatable bonds is 4. The molecule has 0 unspecified atom stereocenters. The number of nitrogens with zero attached hydrogens (tertiary/aromatic N) is 3. The first-order valence-electron chi connectivity index (χ1n) is 10.5. The summed E-state index contributed by atoms with van der Waals surface area (Å²) in [5.74, 6) is 1.67. The minimum Gasteiger partial charge on any atom is -0.363 e. The first-order valence-corrected chi connectivity index (χ1v) is 11.3. The number of aromatic nitrogens is 3. The molecule has 2 bridgehead atoms. The molecule has 1 atom stereocenters. The quantitative estimate of drug-likeness (QED) is 0.480. The zero-order valence-corrected chi connectivity index (χ0v) is 19.4. The van der Waals surface area contributed by atoms with Gasteiger partial charge in [-0.1, -0.05) is 12.1 Å². The topological polar surface area (TPSA) is 59.8 Å². The Bertz CT molecular complexity index is 1300. The van der Waals surface area contributed by atoms with Crippen LogP contribution in [0.4, 0.5) is 19.0 Å². The zero-order valence-electron chi connectivity index (χ0n) is 17.8. The molecule has 3 aliphatic carbocycles.